The lowest BCUT2D eigenvalue weighted by molar-refractivity contribution is -0.167. The fourth-order valence-electron chi connectivity index (χ4n) is 9.65. The van der Waals surface area contributed by atoms with Gasteiger partial charge in [0.2, 0.25) is 0 Å². The van der Waals surface area contributed by atoms with Gasteiger partial charge in [0, 0.05) is 19.3 Å². The van der Waals surface area contributed by atoms with Crippen LogP contribution in [0.15, 0.2) is 24.3 Å². The van der Waals surface area contributed by atoms with Crippen molar-refractivity contribution in [1.29, 1.82) is 0 Å². The van der Waals surface area contributed by atoms with E-state index >= 15 is 0 Å². The summed E-state index contributed by atoms with van der Waals surface area (Å²) in [5, 5.41) is 0. The molecule has 0 fully saturated rings. The molecule has 0 heterocycles. The van der Waals surface area contributed by atoms with Crippen LogP contribution in [-0.4, -0.2) is 37.2 Å². The largest absolute Gasteiger partial charge is 0.462 e. The van der Waals surface area contributed by atoms with Gasteiger partial charge < -0.3 is 14.2 Å². The van der Waals surface area contributed by atoms with Gasteiger partial charge in [0.05, 0.1) is 0 Å². The number of carbonyl (C=O) groups excluding carboxylic acids is 3. The molecule has 1 unspecified atom stereocenters. The molecule has 0 spiro atoms. The highest BCUT2D eigenvalue weighted by molar-refractivity contribution is 5.71. The lowest BCUT2D eigenvalue weighted by Crippen LogP contribution is -2.30. The van der Waals surface area contributed by atoms with Gasteiger partial charge in [-0.2, -0.15) is 0 Å². The number of hydrogen-bond acceptors (Lipinski definition) is 6. The highest BCUT2D eigenvalue weighted by Crippen LogP contribution is 2.18. The number of unbranched alkanes of at least 4 members (excludes halogenated alkanes) is 44. The van der Waals surface area contributed by atoms with E-state index in [1.54, 1.807) is 0 Å². The zero-order valence-corrected chi connectivity index (χ0v) is 48.0. The molecule has 0 aliphatic carbocycles. The van der Waals surface area contributed by atoms with Gasteiger partial charge in [-0.1, -0.05) is 308 Å². The smallest absolute Gasteiger partial charge is 0.306 e. The fraction of sp³-hybridized carbons (Fsp3) is 0.892. The second-order valence-corrected chi connectivity index (χ2v) is 21.7. The van der Waals surface area contributed by atoms with E-state index in [9.17, 15) is 14.4 Å². The molecular formula is C65H122O6. The van der Waals surface area contributed by atoms with Crippen LogP contribution in [-0.2, 0) is 28.6 Å². The summed E-state index contributed by atoms with van der Waals surface area (Å²) >= 11 is 0. The molecule has 0 saturated heterocycles. The maximum absolute atomic E-state index is 12.9. The first-order chi connectivity index (χ1) is 35.0. The number of allylic oxidation sites excluding steroid dienone is 4. The summed E-state index contributed by atoms with van der Waals surface area (Å²) in [6.45, 7) is 6.66. The highest BCUT2D eigenvalue weighted by Gasteiger charge is 2.19. The summed E-state index contributed by atoms with van der Waals surface area (Å²) in [4.78, 5) is 38.1. The van der Waals surface area contributed by atoms with E-state index in [0.29, 0.717) is 19.3 Å². The van der Waals surface area contributed by atoms with Gasteiger partial charge in [0.15, 0.2) is 6.10 Å². The van der Waals surface area contributed by atoms with Gasteiger partial charge in [-0.25, -0.2) is 0 Å². The first-order valence-corrected chi connectivity index (χ1v) is 31.8. The summed E-state index contributed by atoms with van der Waals surface area (Å²) in [7, 11) is 0. The predicted molar refractivity (Wildman–Crippen MR) is 307 cm³/mol. The molecule has 0 aliphatic heterocycles. The first-order valence-electron chi connectivity index (χ1n) is 31.8. The van der Waals surface area contributed by atoms with E-state index in [1.165, 1.54) is 250 Å². The molecule has 0 aromatic heterocycles. The van der Waals surface area contributed by atoms with Crippen LogP contribution >= 0.6 is 0 Å². The van der Waals surface area contributed by atoms with E-state index in [2.05, 4.69) is 45.1 Å². The van der Waals surface area contributed by atoms with Crippen molar-refractivity contribution >= 4 is 17.9 Å². The minimum atomic E-state index is -0.766. The Bertz CT molecular complexity index is 1150. The molecule has 0 amide bonds. The van der Waals surface area contributed by atoms with Crippen LogP contribution in [0.4, 0.5) is 0 Å². The molecule has 1 atom stereocenters. The topological polar surface area (TPSA) is 78.9 Å². The number of carbonyl (C=O) groups is 3. The van der Waals surface area contributed by atoms with Crippen LogP contribution in [0.5, 0.6) is 0 Å². The maximum atomic E-state index is 12.9. The normalized spacial score (nSPS) is 12.1. The van der Waals surface area contributed by atoms with Crippen molar-refractivity contribution in [2.45, 2.75) is 361 Å². The van der Waals surface area contributed by atoms with E-state index in [4.69, 9.17) is 14.2 Å². The Morgan fingerprint density at radius 3 is 0.775 bits per heavy atom. The standard InChI is InChI=1S/C65H122O6/c1-4-7-10-13-16-19-21-23-25-27-29-31-33-35-36-38-40-42-44-46-49-52-55-58-64(67)70-61-62(60-69-63(66)57-54-51-48-18-15-12-9-6-3)71-65(68)59-56-53-50-47-45-43-41-39-37-34-32-30-28-26-24-22-20-17-14-11-8-5-2/h21,23,27,29,62H,4-20,22,24-26,28,30-61H2,1-3H3/b23-21-,29-27-. The Morgan fingerprint density at radius 2 is 0.507 bits per heavy atom. The highest BCUT2D eigenvalue weighted by atomic mass is 16.6. The molecule has 0 rings (SSSR count). The monoisotopic (exact) mass is 999 g/mol. The number of ether oxygens (including phenoxy) is 3. The van der Waals surface area contributed by atoms with Gasteiger partial charge in [-0.15, -0.1) is 0 Å². The lowest BCUT2D eigenvalue weighted by Gasteiger charge is -2.18. The first kappa shape index (κ1) is 68.9. The Hall–Kier alpha value is -2.11. The summed E-state index contributed by atoms with van der Waals surface area (Å²) in [5.74, 6) is -0.848. The molecule has 6 heteroatoms. The third-order valence-corrected chi connectivity index (χ3v) is 14.5. The fourth-order valence-corrected chi connectivity index (χ4v) is 9.65. The van der Waals surface area contributed by atoms with E-state index in [-0.39, 0.29) is 31.1 Å². The van der Waals surface area contributed by atoms with Crippen molar-refractivity contribution in [3.05, 3.63) is 24.3 Å². The average molecular weight is 1000 g/mol. The Morgan fingerprint density at radius 1 is 0.282 bits per heavy atom. The van der Waals surface area contributed by atoms with Gasteiger partial charge in [0.1, 0.15) is 13.2 Å². The molecule has 0 aliphatic rings. The summed E-state index contributed by atoms with van der Waals surface area (Å²) in [6.07, 6.45) is 72.0. The second-order valence-electron chi connectivity index (χ2n) is 21.7. The number of esters is 3. The summed E-state index contributed by atoms with van der Waals surface area (Å²) < 4.78 is 16.9. The Labute approximate surface area is 443 Å². The number of hydrogen-bond donors (Lipinski definition) is 0. The number of rotatable bonds is 59. The predicted octanol–water partition coefficient (Wildman–Crippen LogP) is 21.4. The minimum Gasteiger partial charge on any atom is -0.462 e. The Kier molecular flexibility index (Phi) is 58.6. The van der Waals surface area contributed by atoms with Crippen LogP contribution in [0, 0.1) is 0 Å². The molecule has 0 aromatic rings. The van der Waals surface area contributed by atoms with Crippen LogP contribution in [0.1, 0.15) is 355 Å². The zero-order valence-electron chi connectivity index (χ0n) is 48.0. The third kappa shape index (κ3) is 58.7. The average Bonchev–Trinajstić information content (AvgIpc) is 3.37. The zero-order chi connectivity index (χ0) is 51.4. The summed E-state index contributed by atoms with van der Waals surface area (Å²) in [5.41, 5.74) is 0. The molecule has 0 saturated carbocycles. The molecule has 0 aromatic carbocycles. The van der Waals surface area contributed by atoms with Crippen LogP contribution in [0.3, 0.4) is 0 Å². The molecule has 6 nitrogen and oxygen atoms in total. The Balaban J connectivity index is 4.13. The third-order valence-electron chi connectivity index (χ3n) is 14.5. The molecule has 0 bridgehead atoms. The second kappa shape index (κ2) is 60.4. The van der Waals surface area contributed by atoms with Crippen LogP contribution in [0.25, 0.3) is 0 Å². The van der Waals surface area contributed by atoms with Crippen molar-refractivity contribution < 1.29 is 28.6 Å². The van der Waals surface area contributed by atoms with Crippen molar-refractivity contribution in [2.24, 2.45) is 0 Å². The van der Waals surface area contributed by atoms with E-state index < -0.39 is 6.10 Å². The van der Waals surface area contributed by atoms with Gasteiger partial charge in [-0.05, 0) is 51.4 Å². The van der Waals surface area contributed by atoms with E-state index in [0.717, 1.165) is 64.2 Å². The van der Waals surface area contributed by atoms with Gasteiger partial charge in [0.25, 0.3) is 0 Å². The quantitative estimate of drug-likeness (QED) is 0.0261. The van der Waals surface area contributed by atoms with Crippen molar-refractivity contribution in [2.75, 3.05) is 13.2 Å². The SMILES string of the molecule is CCCCCCC/C=C\C/C=C\CCCCCCCCCCCCCC(=O)OCC(COC(=O)CCCCCCCCCC)OC(=O)CCCCCCCCCCCCCCCCCCCCCCCC. The van der Waals surface area contributed by atoms with Crippen molar-refractivity contribution in [3.63, 3.8) is 0 Å². The molecular weight excluding hydrogens is 877 g/mol. The van der Waals surface area contributed by atoms with Gasteiger partial charge in [-0.3, -0.25) is 14.4 Å². The van der Waals surface area contributed by atoms with Crippen molar-refractivity contribution in [1.82, 2.24) is 0 Å². The summed E-state index contributed by atoms with van der Waals surface area (Å²) in [6, 6.07) is 0. The lowest BCUT2D eigenvalue weighted by atomic mass is 10.0. The molecule has 0 N–H and O–H groups in total. The maximum Gasteiger partial charge on any atom is 0.306 e. The van der Waals surface area contributed by atoms with E-state index in [1.807, 2.05) is 0 Å². The van der Waals surface area contributed by atoms with Crippen molar-refractivity contribution in [3.8, 4) is 0 Å². The van der Waals surface area contributed by atoms with Crippen LogP contribution in [0.2, 0.25) is 0 Å². The van der Waals surface area contributed by atoms with Crippen LogP contribution < -0.4 is 0 Å². The van der Waals surface area contributed by atoms with Gasteiger partial charge >= 0.3 is 17.9 Å². The molecule has 418 valence electrons. The molecule has 71 heavy (non-hydrogen) atoms. The molecule has 0 radical (unpaired) electrons. The minimum absolute atomic E-state index is 0.0665.